The summed E-state index contributed by atoms with van der Waals surface area (Å²) in [6, 6.07) is 0. The predicted molar refractivity (Wildman–Crippen MR) is 127 cm³/mol. The van der Waals surface area contributed by atoms with E-state index in [1.807, 2.05) is 13.0 Å². The molecule has 1 spiro atoms. The Morgan fingerprint density at radius 2 is 2.03 bits per heavy atom. The fourth-order valence-electron chi connectivity index (χ4n) is 6.53. The zero-order valence-electron chi connectivity index (χ0n) is 20.5. The first kappa shape index (κ1) is 24.3. The SMILES string of the molecule is CC(=C[C@@H]1C=C(C)[C@@H]2CC[C@H](C)[C@H]2[C@@]12OC(=O)C(C)=C2O)CCCC1=CCN(CC(=O)O)C1=O. The summed E-state index contributed by atoms with van der Waals surface area (Å²) in [7, 11) is 0. The monoisotopic (exact) mass is 469 g/mol. The van der Waals surface area contributed by atoms with Crippen LogP contribution in [-0.2, 0) is 19.1 Å². The molecule has 7 heteroatoms. The quantitative estimate of drug-likeness (QED) is 0.425. The van der Waals surface area contributed by atoms with Crippen LogP contribution in [0.15, 0.2) is 46.3 Å². The van der Waals surface area contributed by atoms with Gasteiger partial charge < -0.3 is 19.8 Å². The van der Waals surface area contributed by atoms with Gasteiger partial charge in [-0.25, -0.2) is 4.79 Å². The van der Waals surface area contributed by atoms with Gasteiger partial charge in [0.1, 0.15) is 12.3 Å². The number of hydrogen-bond donors (Lipinski definition) is 2. The summed E-state index contributed by atoms with van der Waals surface area (Å²) >= 11 is 0. The average molecular weight is 470 g/mol. The molecule has 4 rings (SSSR count). The van der Waals surface area contributed by atoms with Crippen LogP contribution in [0, 0.1) is 23.7 Å². The van der Waals surface area contributed by atoms with Crippen molar-refractivity contribution in [1.82, 2.24) is 4.90 Å². The maximum absolute atomic E-state index is 12.5. The lowest BCUT2D eigenvalue weighted by Gasteiger charge is -2.46. The fraction of sp³-hybridized carbons (Fsp3) is 0.593. The molecular formula is C27H35NO6. The van der Waals surface area contributed by atoms with Crippen LogP contribution in [0.4, 0.5) is 0 Å². The smallest absolute Gasteiger partial charge is 0.338 e. The second kappa shape index (κ2) is 9.08. The Balaban J connectivity index is 1.50. The molecule has 2 aliphatic carbocycles. The molecule has 0 aromatic heterocycles. The summed E-state index contributed by atoms with van der Waals surface area (Å²) in [4.78, 5) is 37.2. The number of aliphatic hydroxyl groups is 1. The van der Waals surface area contributed by atoms with Gasteiger partial charge in [-0.15, -0.1) is 0 Å². The molecule has 0 radical (unpaired) electrons. The number of carbonyl (C=O) groups is 3. The van der Waals surface area contributed by atoms with Gasteiger partial charge in [-0.2, -0.15) is 0 Å². The summed E-state index contributed by atoms with van der Waals surface area (Å²) in [5.74, 6) is -1.11. The minimum Gasteiger partial charge on any atom is -0.507 e. The van der Waals surface area contributed by atoms with E-state index in [2.05, 4.69) is 26.0 Å². The van der Waals surface area contributed by atoms with Crippen LogP contribution in [0.2, 0.25) is 0 Å². The molecule has 1 saturated carbocycles. The third-order valence-corrected chi connectivity index (χ3v) is 8.22. The summed E-state index contributed by atoms with van der Waals surface area (Å²) in [5, 5.41) is 20.1. The first-order valence-corrected chi connectivity index (χ1v) is 12.3. The molecule has 5 atom stereocenters. The van der Waals surface area contributed by atoms with E-state index in [-0.39, 0.29) is 30.0 Å². The molecule has 0 aromatic carbocycles. The molecule has 2 heterocycles. The molecule has 0 unspecified atom stereocenters. The highest BCUT2D eigenvalue weighted by molar-refractivity contribution is 5.97. The normalized spacial score (nSPS) is 33.4. The van der Waals surface area contributed by atoms with Crippen LogP contribution < -0.4 is 0 Å². The van der Waals surface area contributed by atoms with Crippen molar-refractivity contribution in [2.45, 2.75) is 65.4 Å². The first-order chi connectivity index (χ1) is 16.1. The molecule has 2 aliphatic heterocycles. The molecule has 184 valence electrons. The van der Waals surface area contributed by atoms with E-state index in [1.54, 1.807) is 6.92 Å². The van der Waals surface area contributed by atoms with Crippen molar-refractivity contribution in [3.8, 4) is 0 Å². The Hall–Kier alpha value is -2.83. The van der Waals surface area contributed by atoms with Crippen molar-refractivity contribution in [2.75, 3.05) is 13.1 Å². The second-order valence-corrected chi connectivity index (χ2v) is 10.5. The van der Waals surface area contributed by atoms with Gasteiger partial charge in [0.15, 0.2) is 5.60 Å². The summed E-state index contributed by atoms with van der Waals surface area (Å²) in [6.45, 7) is 8.08. The molecule has 2 N–H and O–H groups in total. The molecule has 34 heavy (non-hydrogen) atoms. The zero-order chi connectivity index (χ0) is 24.8. The summed E-state index contributed by atoms with van der Waals surface area (Å²) in [6.07, 6.45) is 10.3. The van der Waals surface area contributed by atoms with Gasteiger partial charge in [0.25, 0.3) is 0 Å². The lowest BCUT2D eigenvalue weighted by Crippen LogP contribution is -2.52. The van der Waals surface area contributed by atoms with E-state index >= 15 is 0 Å². The molecule has 0 saturated heterocycles. The van der Waals surface area contributed by atoms with Crippen molar-refractivity contribution in [2.24, 2.45) is 23.7 Å². The van der Waals surface area contributed by atoms with Crippen molar-refractivity contribution >= 4 is 17.8 Å². The number of amides is 1. The third-order valence-electron chi connectivity index (χ3n) is 8.22. The average Bonchev–Trinajstić information content (AvgIpc) is 3.39. The molecule has 4 aliphatic rings. The number of allylic oxidation sites excluding steroid dienone is 2. The van der Waals surface area contributed by atoms with Crippen molar-refractivity contribution < 1.29 is 29.3 Å². The van der Waals surface area contributed by atoms with Gasteiger partial charge in [0, 0.05) is 24.0 Å². The number of nitrogens with zero attached hydrogens (tertiary/aromatic N) is 1. The van der Waals surface area contributed by atoms with E-state index in [4.69, 9.17) is 9.84 Å². The standard InChI is InChI=1S/C27H35NO6/c1-15(6-5-7-19-10-11-28(25(19)32)14-22(29)30)12-20-13-17(3)21-9-8-16(2)23(21)27(20)24(31)18(4)26(33)34-27/h10,12-13,16,20-21,23,31H,5-9,11,14H2,1-4H3,(H,29,30)/t16-,20+,21-,23+,27-/m0/s1. The lowest BCUT2D eigenvalue weighted by molar-refractivity contribution is -0.161. The number of rotatable bonds is 7. The number of carbonyl (C=O) groups excluding carboxylic acids is 2. The van der Waals surface area contributed by atoms with Crippen molar-refractivity contribution in [3.63, 3.8) is 0 Å². The summed E-state index contributed by atoms with van der Waals surface area (Å²) in [5.41, 5.74) is 2.34. The number of carboxylic acid groups (broad SMARTS) is 1. The Bertz CT molecular complexity index is 1030. The van der Waals surface area contributed by atoms with Crippen LogP contribution in [0.3, 0.4) is 0 Å². The third kappa shape index (κ3) is 3.99. The summed E-state index contributed by atoms with van der Waals surface area (Å²) < 4.78 is 6.04. The maximum atomic E-state index is 12.5. The van der Waals surface area contributed by atoms with Gasteiger partial charge in [0.2, 0.25) is 5.91 Å². The van der Waals surface area contributed by atoms with Gasteiger partial charge in [-0.3, -0.25) is 9.59 Å². The number of aliphatic hydroxyl groups excluding tert-OH is 1. The number of ether oxygens (including phenoxy) is 1. The highest BCUT2D eigenvalue weighted by Crippen LogP contribution is 2.58. The molecular weight excluding hydrogens is 434 g/mol. The van der Waals surface area contributed by atoms with Crippen LogP contribution in [-0.4, -0.2) is 51.6 Å². The van der Waals surface area contributed by atoms with E-state index in [1.165, 1.54) is 10.5 Å². The van der Waals surface area contributed by atoms with E-state index in [9.17, 15) is 19.5 Å². The van der Waals surface area contributed by atoms with E-state index < -0.39 is 17.5 Å². The highest BCUT2D eigenvalue weighted by atomic mass is 16.6. The topological polar surface area (TPSA) is 104 Å². The first-order valence-electron chi connectivity index (χ1n) is 12.3. The van der Waals surface area contributed by atoms with Crippen LogP contribution >= 0.6 is 0 Å². The van der Waals surface area contributed by atoms with Crippen molar-refractivity contribution in [3.05, 3.63) is 46.3 Å². The Morgan fingerprint density at radius 3 is 2.68 bits per heavy atom. The molecule has 1 fully saturated rings. The van der Waals surface area contributed by atoms with Crippen LogP contribution in [0.5, 0.6) is 0 Å². The number of hydrogen-bond acceptors (Lipinski definition) is 5. The predicted octanol–water partition coefficient (Wildman–Crippen LogP) is 4.32. The zero-order valence-corrected chi connectivity index (χ0v) is 20.5. The number of aliphatic carboxylic acids is 1. The fourth-order valence-corrected chi connectivity index (χ4v) is 6.53. The number of carboxylic acids is 1. The second-order valence-electron chi connectivity index (χ2n) is 10.5. The van der Waals surface area contributed by atoms with Crippen LogP contribution in [0.25, 0.3) is 0 Å². The van der Waals surface area contributed by atoms with Gasteiger partial charge in [0.05, 0.1) is 5.57 Å². The van der Waals surface area contributed by atoms with Gasteiger partial charge in [-0.05, 0) is 64.7 Å². The largest absolute Gasteiger partial charge is 0.507 e. The highest BCUT2D eigenvalue weighted by Gasteiger charge is 2.62. The molecule has 0 aromatic rings. The van der Waals surface area contributed by atoms with E-state index in [0.717, 1.165) is 31.3 Å². The Kier molecular flexibility index (Phi) is 6.49. The molecule has 7 nitrogen and oxygen atoms in total. The van der Waals surface area contributed by atoms with Gasteiger partial charge in [-0.1, -0.05) is 36.3 Å². The minimum atomic E-state index is -1.04. The van der Waals surface area contributed by atoms with Crippen LogP contribution in [0.1, 0.15) is 59.8 Å². The minimum absolute atomic E-state index is 0.0504. The maximum Gasteiger partial charge on any atom is 0.338 e. The lowest BCUT2D eigenvalue weighted by atomic mass is 9.62. The molecule has 1 amide bonds. The Labute approximate surface area is 200 Å². The Morgan fingerprint density at radius 1 is 1.29 bits per heavy atom. The number of fused-ring (bicyclic) bond motifs is 2. The van der Waals surface area contributed by atoms with Gasteiger partial charge >= 0.3 is 11.9 Å². The molecule has 0 bridgehead atoms. The number of esters is 1. The van der Waals surface area contributed by atoms with E-state index in [0.29, 0.717) is 35.9 Å². The van der Waals surface area contributed by atoms with Crippen molar-refractivity contribution in [1.29, 1.82) is 0 Å².